The standard InChI is InChI=1S/C23H27ClN4O3S2.ClH/c1-16-14-18(24)15-20-21(16)25-23(32-20)28(13-12-26(2)3)22(29)17-6-8-19(9-7-17)33(30,31)27-10-4-5-11-27;/h6-9,14-15H,4-5,10-13H2,1-3H3;1H. The van der Waals surface area contributed by atoms with E-state index in [4.69, 9.17) is 16.6 Å². The van der Waals surface area contributed by atoms with Crippen LogP contribution in [-0.4, -0.2) is 68.8 Å². The molecule has 7 nitrogen and oxygen atoms in total. The monoisotopic (exact) mass is 542 g/mol. The largest absolute Gasteiger partial charge is 0.308 e. The van der Waals surface area contributed by atoms with Gasteiger partial charge in [-0.2, -0.15) is 4.31 Å². The molecule has 11 heteroatoms. The van der Waals surface area contributed by atoms with Gasteiger partial charge in [0.05, 0.1) is 15.1 Å². The van der Waals surface area contributed by atoms with Crippen LogP contribution in [0, 0.1) is 6.92 Å². The zero-order valence-corrected chi connectivity index (χ0v) is 22.5. The summed E-state index contributed by atoms with van der Waals surface area (Å²) in [7, 11) is 0.372. The minimum Gasteiger partial charge on any atom is -0.308 e. The molecule has 2 aromatic carbocycles. The van der Waals surface area contributed by atoms with Gasteiger partial charge in [0.2, 0.25) is 10.0 Å². The van der Waals surface area contributed by atoms with Crippen molar-refractivity contribution in [2.75, 3.05) is 45.2 Å². The Morgan fingerprint density at radius 1 is 1.12 bits per heavy atom. The SMILES string of the molecule is Cc1cc(Cl)cc2sc(N(CCN(C)C)C(=O)c3ccc(S(=O)(=O)N4CCCC4)cc3)nc12.Cl. The number of likely N-dealkylation sites (N-methyl/N-ethyl adjacent to an activating group) is 1. The summed E-state index contributed by atoms with van der Waals surface area (Å²) in [6.45, 7) is 4.14. The first kappa shape index (κ1) is 26.8. The highest BCUT2D eigenvalue weighted by atomic mass is 35.5. The number of halogens is 2. The number of carbonyl (C=O) groups excluding carboxylic acids is 1. The Morgan fingerprint density at radius 3 is 2.38 bits per heavy atom. The number of benzene rings is 2. The maximum atomic E-state index is 13.5. The van der Waals surface area contributed by atoms with Crippen molar-refractivity contribution in [1.82, 2.24) is 14.2 Å². The predicted octanol–water partition coefficient (Wildman–Crippen LogP) is 4.67. The highest BCUT2D eigenvalue weighted by molar-refractivity contribution is 7.89. The Labute approximate surface area is 215 Å². The highest BCUT2D eigenvalue weighted by Crippen LogP contribution is 2.33. The number of hydrogen-bond donors (Lipinski definition) is 0. The Hall–Kier alpha value is -1.75. The fraction of sp³-hybridized carbons (Fsp3) is 0.391. The van der Waals surface area contributed by atoms with Crippen LogP contribution in [0.4, 0.5) is 5.13 Å². The van der Waals surface area contributed by atoms with Gasteiger partial charge in [0.15, 0.2) is 5.13 Å². The Kier molecular flexibility index (Phi) is 8.60. The summed E-state index contributed by atoms with van der Waals surface area (Å²) in [6, 6.07) is 9.93. The summed E-state index contributed by atoms with van der Waals surface area (Å²) in [6.07, 6.45) is 1.76. The summed E-state index contributed by atoms with van der Waals surface area (Å²) in [5.74, 6) is -0.218. The Balaban J connectivity index is 0.00000324. The van der Waals surface area contributed by atoms with Gasteiger partial charge in [0.1, 0.15) is 0 Å². The normalized spacial score (nSPS) is 14.5. The van der Waals surface area contributed by atoms with Crippen LogP contribution in [0.15, 0.2) is 41.3 Å². The van der Waals surface area contributed by atoms with Gasteiger partial charge >= 0.3 is 0 Å². The molecule has 0 saturated carbocycles. The minimum absolute atomic E-state index is 0. The quantitative estimate of drug-likeness (QED) is 0.433. The molecule has 0 atom stereocenters. The van der Waals surface area contributed by atoms with Gasteiger partial charge in [-0.25, -0.2) is 13.4 Å². The summed E-state index contributed by atoms with van der Waals surface area (Å²) in [5, 5.41) is 1.23. The number of aromatic nitrogens is 1. The van der Waals surface area contributed by atoms with Crippen molar-refractivity contribution < 1.29 is 13.2 Å². The van der Waals surface area contributed by atoms with Crippen LogP contribution in [0.1, 0.15) is 28.8 Å². The van der Waals surface area contributed by atoms with Crippen molar-refractivity contribution in [2.45, 2.75) is 24.7 Å². The lowest BCUT2D eigenvalue weighted by Gasteiger charge is -2.22. The average Bonchev–Trinajstić information content (AvgIpc) is 3.44. The van der Waals surface area contributed by atoms with Crippen LogP contribution < -0.4 is 4.90 Å². The van der Waals surface area contributed by atoms with Crippen LogP contribution in [0.3, 0.4) is 0 Å². The number of sulfonamides is 1. The molecule has 0 aliphatic carbocycles. The van der Waals surface area contributed by atoms with E-state index in [0.717, 1.165) is 28.6 Å². The van der Waals surface area contributed by atoms with Crippen LogP contribution in [0.5, 0.6) is 0 Å². The molecule has 1 amide bonds. The van der Waals surface area contributed by atoms with Gasteiger partial charge in [0.25, 0.3) is 5.91 Å². The first-order valence-corrected chi connectivity index (χ1v) is 13.4. The molecule has 184 valence electrons. The summed E-state index contributed by atoms with van der Waals surface area (Å²) in [5.41, 5.74) is 2.20. The number of rotatable bonds is 7. The first-order valence-electron chi connectivity index (χ1n) is 10.8. The third kappa shape index (κ3) is 5.56. The predicted molar refractivity (Wildman–Crippen MR) is 141 cm³/mol. The van der Waals surface area contributed by atoms with E-state index in [0.29, 0.717) is 41.9 Å². The van der Waals surface area contributed by atoms with E-state index in [1.165, 1.54) is 27.8 Å². The Morgan fingerprint density at radius 2 is 1.76 bits per heavy atom. The number of anilines is 1. The number of carbonyl (C=O) groups is 1. The van der Waals surface area contributed by atoms with Crippen molar-refractivity contribution >= 4 is 66.6 Å². The fourth-order valence-corrected chi connectivity index (χ4v) is 6.81. The molecule has 4 rings (SSSR count). The van der Waals surface area contributed by atoms with Gasteiger partial charge in [0, 0.05) is 36.8 Å². The number of thiazole rings is 1. The van der Waals surface area contributed by atoms with E-state index in [9.17, 15) is 13.2 Å². The van der Waals surface area contributed by atoms with Gasteiger partial charge in [-0.3, -0.25) is 9.69 Å². The second-order valence-electron chi connectivity index (χ2n) is 8.46. The van der Waals surface area contributed by atoms with Gasteiger partial charge in [-0.1, -0.05) is 22.9 Å². The Bertz CT molecular complexity index is 1270. The zero-order valence-electron chi connectivity index (χ0n) is 19.3. The molecule has 1 aliphatic heterocycles. The van der Waals surface area contributed by atoms with E-state index >= 15 is 0 Å². The van der Waals surface area contributed by atoms with E-state index in [2.05, 4.69) is 0 Å². The van der Waals surface area contributed by atoms with Crippen molar-refractivity contribution in [3.05, 3.63) is 52.5 Å². The topological polar surface area (TPSA) is 73.8 Å². The van der Waals surface area contributed by atoms with E-state index in [-0.39, 0.29) is 23.2 Å². The molecule has 1 saturated heterocycles. The number of amides is 1. The molecule has 0 N–H and O–H groups in total. The molecule has 1 fully saturated rings. The molecule has 1 aliphatic rings. The lowest BCUT2D eigenvalue weighted by molar-refractivity contribution is 0.0985. The maximum Gasteiger partial charge on any atom is 0.260 e. The second-order valence-corrected chi connectivity index (χ2v) is 11.8. The molecule has 1 aromatic heterocycles. The molecule has 0 bridgehead atoms. The number of hydrogen-bond acceptors (Lipinski definition) is 6. The van der Waals surface area contributed by atoms with Crippen molar-refractivity contribution in [3.8, 4) is 0 Å². The summed E-state index contributed by atoms with van der Waals surface area (Å²) >= 11 is 7.63. The van der Waals surface area contributed by atoms with E-state index in [1.54, 1.807) is 17.0 Å². The highest BCUT2D eigenvalue weighted by Gasteiger charge is 2.28. The van der Waals surface area contributed by atoms with Gasteiger partial charge in [-0.15, -0.1) is 12.4 Å². The molecule has 3 aromatic rings. The second kappa shape index (κ2) is 10.9. The average molecular weight is 544 g/mol. The molecule has 0 spiro atoms. The van der Waals surface area contributed by atoms with Gasteiger partial charge < -0.3 is 4.90 Å². The van der Waals surface area contributed by atoms with E-state index < -0.39 is 10.0 Å². The molecular formula is C23H28Cl2N4O3S2. The van der Waals surface area contributed by atoms with Crippen LogP contribution in [0.25, 0.3) is 10.2 Å². The molecule has 0 unspecified atom stereocenters. The zero-order chi connectivity index (χ0) is 23.8. The minimum atomic E-state index is -3.52. The summed E-state index contributed by atoms with van der Waals surface area (Å²) < 4.78 is 28.0. The number of nitrogens with zero attached hydrogens (tertiary/aromatic N) is 4. The van der Waals surface area contributed by atoms with Crippen LogP contribution in [0.2, 0.25) is 5.02 Å². The van der Waals surface area contributed by atoms with Crippen molar-refractivity contribution in [1.29, 1.82) is 0 Å². The lowest BCUT2D eigenvalue weighted by atomic mass is 10.2. The maximum absolute atomic E-state index is 13.5. The number of aryl methyl sites for hydroxylation is 1. The lowest BCUT2D eigenvalue weighted by Crippen LogP contribution is -2.36. The van der Waals surface area contributed by atoms with Crippen molar-refractivity contribution in [3.63, 3.8) is 0 Å². The fourth-order valence-electron chi connectivity index (χ4n) is 3.85. The van der Waals surface area contributed by atoms with E-state index in [1.807, 2.05) is 38.1 Å². The third-order valence-corrected chi connectivity index (χ3v) is 8.85. The number of fused-ring (bicyclic) bond motifs is 1. The molecule has 34 heavy (non-hydrogen) atoms. The van der Waals surface area contributed by atoms with Gasteiger partial charge in [-0.05, 0) is 75.8 Å². The van der Waals surface area contributed by atoms with Crippen LogP contribution in [-0.2, 0) is 10.0 Å². The van der Waals surface area contributed by atoms with Crippen LogP contribution >= 0.6 is 35.3 Å². The first-order chi connectivity index (χ1) is 15.7. The molecule has 2 heterocycles. The third-order valence-electron chi connectivity index (χ3n) is 5.69. The summed E-state index contributed by atoms with van der Waals surface area (Å²) in [4.78, 5) is 22.1. The van der Waals surface area contributed by atoms with Crippen molar-refractivity contribution in [2.24, 2.45) is 0 Å². The molecule has 0 radical (unpaired) electrons. The molecular weight excluding hydrogens is 515 g/mol. The smallest absolute Gasteiger partial charge is 0.260 e.